The fraction of sp³-hybridized carbons (Fsp3) is 0.378. The average molecular weight is 780 g/mol. The molecule has 0 saturated heterocycles. The monoisotopic (exact) mass is 779 g/mol. The molecule has 16 nitrogen and oxygen atoms in total. The first kappa shape index (κ1) is 43.4. The molecule has 0 saturated carbocycles. The highest BCUT2D eigenvalue weighted by atomic mass is 32.1. The van der Waals surface area contributed by atoms with Gasteiger partial charge in [0.2, 0.25) is 29.5 Å². The summed E-state index contributed by atoms with van der Waals surface area (Å²) in [5.74, 6) is -4.10. The van der Waals surface area contributed by atoms with Gasteiger partial charge in [0.15, 0.2) is 11.9 Å². The zero-order valence-electron chi connectivity index (χ0n) is 30.8. The van der Waals surface area contributed by atoms with Crippen molar-refractivity contribution in [3.8, 4) is 0 Å². The van der Waals surface area contributed by atoms with Crippen LogP contribution in [0.3, 0.4) is 0 Å². The summed E-state index contributed by atoms with van der Waals surface area (Å²) in [4.78, 5) is 75.0. The minimum absolute atomic E-state index is 0.00926. The van der Waals surface area contributed by atoms with Crippen molar-refractivity contribution in [1.29, 1.82) is 0 Å². The van der Waals surface area contributed by atoms with Crippen molar-refractivity contribution in [2.75, 3.05) is 6.54 Å². The number of nitrogens with zero attached hydrogens (tertiary/aromatic N) is 2. The SMILES string of the molecule is CC(C)C[C@H](NC(=O)[C@H](Cc1ccc(N=C(N)N)cc1)NC(=O)[C@H](Cc1ccc(F)cc1)NC(=O)Cc1ccsc1)C(=O)N[C@@H](CCCN=C(N)N)C(N)=O. The number of primary amides is 1. The fourth-order valence-corrected chi connectivity index (χ4v) is 6.17. The maximum Gasteiger partial charge on any atom is 0.243 e. The van der Waals surface area contributed by atoms with E-state index in [1.54, 1.807) is 30.3 Å². The first-order valence-corrected chi connectivity index (χ1v) is 18.5. The summed E-state index contributed by atoms with van der Waals surface area (Å²) in [5, 5.41) is 14.5. The highest BCUT2D eigenvalue weighted by Gasteiger charge is 2.32. The Morgan fingerprint density at radius 3 is 1.76 bits per heavy atom. The van der Waals surface area contributed by atoms with Gasteiger partial charge in [-0.05, 0) is 83.0 Å². The standard InChI is InChI=1S/C37H50FN11O5S/c1-21(2)16-28(33(52)47-27(32(39)51)4-3-14-44-36(40)41)48-35(54)30(18-23-7-11-26(12-8-23)45-37(42)43)49-34(53)29(17-22-5-9-25(38)10-6-22)46-31(50)19-24-13-15-55-20-24/h5-13,15,20-21,27-30H,3-4,14,16-19H2,1-2H3,(H2,39,51)(H,46,50)(H,47,52)(H,48,54)(H,49,53)(H4,40,41,44)(H4,42,43,45)/t27-,28-,29-,30-/m0/s1. The van der Waals surface area contributed by atoms with Gasteiger partial charge in [0.25, 0.3) is 0 Å². The molecule has 296 valence electrons. The zero-order chi connectivity index (χ0) is 40.5. The molecule has 0 aliphatic heterocycles. The van der Waals surface area contributed by atoms with E-state index in [9.17, 15) is 28.4 Å². The van der Waals surface area contributed by atoms with Gasteiger partial charge in [-0.1, -0.05) is 38.1 Å². The molecule has 0 fully saturated rings. The van der Waals surface area contributed by atoms with Crippen LogP contribution in [0.5, 0.6) is 0 Å². The Labute approximate surface area is 323 Å². The summed E-state index contributed by atoms with van der Waals surface area (Å²) >= 11 is 1.42. The van der Waals surface area contributed by atoms with Crippen LogP contribution in [0.15, 0.2) is 75.3 Å². The highest BCUT2D eigenvalue weighted by molar-refractivity contribution is 7.08. The Kier molecular flexibility index (Phi) is 17.0. The van der Waals surface area contributed by atoms with Crippen LogP contribution >= 0.6 is 11.3 Å². The molecule has 0 aliphatic rings. The number of carbonyl (C=O) groups is 5. The molecule has 2 aromatic carbocycles. The molecule has 18 heteroatoms. The minimum Gasteiger partial charge on any atom is -0.370 e. The molecule has 3 aromatic rings. The Morgan fingerprint density at radius 2 is 1.24 bits per heavy atom. The number of nitrogens with two attached hydrogens (primary N) is 5. The van der Waals surface area contributed by atoms with Gasteiger partial charge < -0.3 is 49.9 Å². The summed E-state index contributed by atoms with van der Waals surface area (Å²) in [7, 11) is 0. The van der Waals surface area contributed by atoms with E-state index < -0.39 is 59.5 Å². The quantitative estimate of drug-likeness (QED) is 0.0409. The number of halogens is 1. The summed E-state index contributed by atoms with van der Waals surface area (Å²) in [5.41, 5.74) is 29.7. The second-order valence-corrected chi connectivity index (χ2v) is 14.1. The average Bonchev–Trinajstić information content (AvgIpc) is 3.62. The molecule has 14 N–H and O–H groups in total. The van der Waals surface area contributed by atoms with E-state index in [1.807, 2.05) is 24.6 Å². The molecular weight excluding hydrogens is 730 g/mol. The molecule has 5 amide bonds. The molecule has 0 aliphatic carbocycles. The molecule has 1 aromatic heterocycles. The molecule has 0 bridgehead atoms. The molecule has 0 unspecified atom stereocenters. The maximum atomic E-state index is 14.1. The maximum absolute atomic E-state index is 14.1. The summed E-state index contributed by atoms with van der Waals surface area (Å²) < 4.78 is 13.7. The third kappa shape index (κ3) is 15.8. The number of amides is 5. The molecule has 1 heterocycles. The smallest absolute Gasteiger partial charge is 0.243 e. The van der Waals surface area contributed by atoms with E-state index >= 15 is 0 Å². The van der Waals surface area contributed by atoms with Crippen molar-refractivity contribution >= 4 is 58.5 Å². The summed E-state index contributed by atoms with van der Waals surface area (Å²) in [6.07, 6.45) is 0.607. The Bertz CT molecular complexity index is 1790. The lowest BCUT2D eigenvalue weighted by Gasteiger charge is -2.27. The zero-order valence-corrected chi connectivity index (χ0v) is 31.6. The van der Waals surface area contributed by atoms with Gasteiger partial charge >= 0.3 is 0 Å². The van der Waals surface area contributed by atoms with Crippen molar-refractivity contribution in [2.45, 2.75) is 76.5 Å². The Balaban J connectivity index is 1.90. The number of guanidine groups is 2. The lowest BCUT2D eigenvalue weighted by molar-refractivity contribution is -0.134. The van der Waals surface area contributed by atoms with E-state index in [-0.39, 0.29) is 56.5 Å². The number of carbonyl (C=O) groups excluding carboxylic acids is 5. The molecule has 55 heavy (non-hydrogen) atoms. The van der Waals surface area contributed by atoms with Crippen LogP contribution in [0.1, 0.15) is 49.8 Å². The minimum atomic E-state index is -1.26. The van der Waals surface area contributed by atoms with Gasteiger partial charge in [0.1, 0.15) is 30.0 Å². The number of hydrogen-bond donors (Lipinski definition) is 9. The molecular formula is C37H50FN11O5S. The Hall–Kier alpha value is -6.04. The van der Waals surface area contributed by atoms with Gasteiger partial charge in [-0.3, -0.25) is 29.0 Å². The summed E-state index contributed by atoms with van der Waals surface area (Å²) in [6, 6.07) is 9.24. The van der Waals surface area contributed by atoms with Crippen LogP contribution in [0.2, 0.25) is 0 Å². The van der Waals surface area contributed by atoms with Crippen LogP contribution in [0, 0.1) is 11.7 Å². The van der Waals surface area contributed by atoms with Crippen LogP contribution in [0.4, 0.5) is 10.1 Å². The van der Waals surface area contributed by atoms with Crippen LogP contribution in [0.25, 0.3) is 0 Å². The van der Waals surface area contributed by atoms with Crippen molar-refractivity contribution in [1.82, 2.24) is 21.3 Å². The van der Waals surface area contributed by atoms with E-state index in [1.165, 1.54) is 35.6 Å². The topological polar surface area (TPSA) is 288 Å². The van der Waals surface area contributed by atoms with Crippen molar-refractivity contribution in [3.63, 3.8) is 0 Å². The third-order valence-corrected chi connectivity index (χ3v) is 8.89. The number of nitrogens with one attached hydrogen (secondary N) is 4. The van der Waals surface area contributed by atoms with Gasteiger partial charge in [-0.2, -0.15) is 11.3 Å². The predicted octanol–water partition coefficient (Wildman–Crippen LogP) is 0.344. The number of thiophene rings is 1. The Morgan fingerprint density at radius 1 is 0.691 bits per heavy atom. The molecule has 4 atom stereocenters. The van der Waals surface area contributed by atoms with E-state index in [4.69, 9.17) is 28.7 Å². The van der Waals surface area contributed by atoms with Crippen molar-refractivity contribution < 1.29 is 28.4 Å². The molecule has 0 radical (unpaired) electrons. The van der Waals surface area contributed by atoms with Gasteiger partial charge in [-0.15, -0.1) is 0 Å². The largest absolute Gasteiger partial charge is 0.370 e. The molecule has 0 spiro atoms. The second-order valence-electron chi connectivity index (χ2n) is 13.3. The number of aliphatic imine (C=N–C) groups is 2. The lowest BCUT2D eigenvalue weighted by Crippen LogP contribution is -2.59. The van der Waals surface area contributed by atoms with E-state index in [2.05, 4.69) is 31.3 Å². The van der Waals surface area contributed by atoms with Crippen LogP contribution in [-0.4, -0.2) is 72.2 Å². The predicted molar refractivity (Wildman–Crippen MR) is 210 cm³/mol. The normalized spacial score (nSPS) is 13.0. The van der Waals surface area contributed by atoms with E-state index in [0.717, 1.165) is 5.56 Å². The number of rotatable bonds is 21. The van der Waals surface area contributed by atoms with Crippen LogP contribution < -0.4 is 49.9 Å². The second kappa shape index (κ2) is 21.6. The number of benzene rings is 2. The first-order chi connectivity index (χ1) is 26.1. The van der Waals surface area contributed by atoms with Gasteiger partial charge in [0, 0.05) is 19.4 Å². The fourth-order valence-electron chi connectivity index (χ4n) is 5.50. The molecule has 3 rings (SSSR count). The van der Waals surface area contributed by atoms with Gasteiger partial charge in [0.05, 0.1) is 12.1 Å². The van der Waals surface area contributed by atoms with Crippen molar-refractivity contribution in [2.24, 2.45) is 44.6 Å². The summed E-state index contributed by atoms with van der Waals surface area (Å²) in [6.45, 7) is 3.91. The van der Waals surface area contributed by atoms with Gasteiger partial charge in [-0.25, -0.2) is 9.38 Å². The van der Waals surface area contributed by atoms with Crippen LogP contribution in [-0.2, 0) is 43.2 Å². The van der Waals surface area contributed by atoms with E-state index in [0.29, 0.717) is 23.2 Å². The third-order valence-electron chi connectivity index (χ3n) is 8.16. The van der Waals surface area contributed by atoms with Crippen molar-refractivity contribution in [3.05, 3.63) is 87.9 Å². The lowest BCUT2D eigenvalue weighted by atomic mass is 9.99. The first-order valence-electron chi connectivity index (χ1n) is 17.6. The highest BCUT2D eigenvalue weighted by Crippen LogP contribution is 2.16. The number of hydrogen-bond acceptors (Lipinski definition) is 8.